The lowest BCUT2D eigenvalue weighted by molar-refractivity contribution is -0.131. The molecule has 0 saturated carbocycles. The molecular formula is C12H11N3O3. The monoisotopic (exact) mass is 245 g/mol. The van der Waals surface area contributed by atoms with Gasteiger partial charge in [0, 0.05) is 6.08 Å². The van der Waals surface area contributed by atoms with Gasteiger partial charge < -0.3 is 10.2 Å². The van der Waals surface area contributed by atoms with E-state index in [4.69, 9.17) is 10.2 Å². The van der Waals surface area contributed by atoms with Crippen LogP contribution in [0.2, 0.25) is 0 Å². The van der Waals surface area contributed by atoms with Crippen LogP contribution in [0.25, 0.3) is 11.8 Å². The van der Waals surface area contributed by atoms with Crippen LogP contribution in [0.1, 0.15) is 11.3 Å². The number of benzene rings is 1. The van der Waals surface area contributed by atoms with Crippen molar-refractivity contribution >= 4 is 12.0 Å². The first-order valence-corrected chi connectivity index (χ1v) is 5.22. The fraction of sp³-hybridized carbons (Fsp3) is 0.0833. The molecule has 0 atom stereocenters. The second-order valence-corrected chi connectivity index (χ2v) is 3.58. The molecule has 1 aromatic heterocycles. The molecule has 0 amide bonds. The molecule has 2 N–H and O–H groups in total. The molecule has 92 valence electrons. The van der Waals surface area contributed by atoms with Gasteiger partial charge in [-0.1, -0.05) is 17.3 Å². The molecule has 0 aliphatic rings. The summed E-state index contributed by atoms with van der Waals surface area (Å²) in [6.45, 7) is -0.153. The molecule has 18 heavy (non-hydrogen) atoms. The highest BCUT2D eigenvalue weighted by molar-refractivity contribution is 5.85. The largest absolute Gasteiger partial charge is 0.478 e. The van der Waals surface area contributed by atoms with Gasteiger partial charge in [0.05, 0.1) is 18.5 Å². The maximum absolute atomic E-state index is 10.4. The number of aliphatic hydroxyl groups is 1. The predicted octanol–water partition coefficient (Wildman–Crippen LogP) is 0.857. The van der Waals surface area contributed by atoms with Gasteiger partial charge in [-0.2, -0.15) is 0 Å². The zero-order chi connectivity index (χ0) is 13.0. The van der Waals surface area contributed by atoms with E-state index in [2.05, 4.69) is 10.3 Å². The third kappa shape index (κ3) is 2.80. The van der Waals surface area contributed by atoms with E-state index in [0.717, 1.165) is 17.3 Å². The topological polar surface area (TPSA) is 88.2 Å². The lowest BCUT2D eigenvalue weighted by atomic mass is 10.2. The number of hydrogen-bond donors (Lipinski definition) is 2. The van der Waals surface area contributed by atoms with Crippen LogP contribution < -0.4 is 0 Å². The third-order valence-electron chi connectivity index (χ3n) is 2.28. The van der Waals surface area contributed by atoms with Crippen molar-refractivity contribution in [1.29, 1.82) is 0 Å². The number of nitrogens with zero attached hydrogens (tertiary/aromatic N) is 3. The fourth-order valence-electron chi connectivity index (χ4n) is 1.40. The molecule has 1 heterocycles. The number of hydrogen-bond acceptors (Lipinski definition) is 4. The average molecular weight is 245 g/mol. The molecule has 0 unspecified atom stereocenters. The minimum atomic E-state index is -0.983. The van der Waals surface area contributed by atoms with Gasteiger partial charge >= 0.3 is 5.97 Å². The van der Waals surface area contributed by atoms with E-state index >= 15 is 0 Å². The standard InChI is InChI=1S/C12H11N3O3/c16-8-10-7-15(14-13-10)11-4-1-9(2-5-11)3-6-12(17)18/h1-7,16H,8H2,(H,17,18)/b6-3-. The summed E-state index contributed by atoms with van der Waals surface area (Å²) in [5, 5.41) is 25.0. The summed E-state index contributed by atoms with van der Waals surface area (Å²) in [6, 6.07) is 7.12. The predicted molar refractivity (Wildman–Crippen MR) is 64.0 cm³/mol. The Morgan fingerprint density at radius 2 is 2.06 bits per heavy atom. The van der Waals surface area contributed by atoms with Crippen molar-refractivity contribution in [1.82, 2.24) is 15.0 Å². The first-order chi connectivity index (χ1) is 8.69. The Morgan fingerprint density at radius 1 is 1.33 bits per heavy atom. The van der Waals surface area contributed by atoms with Crippen molar-refractivity contribution in [2.45, 2.75) is 6.61 Å². The van der Waals surface area contributed by atoms with Crippen LogP contribution >= 0.6 is 0 Å². The zero-order valence-electron chi connectivity index (χ0n) is 9.39. The van der Waals surface area contributed by atoms with E-state index in [9.17, 15) is 4.79 Å². The Labute approximate surface area is 103 Å². The summed E-state index contributed by atoms with van der Waals surface area (Å²) in [5.41, 5.74) is 2.06. The van der Waals surface area contributed by atoms with Gasteiger partial charge in [0.15, 0.2) is 0 Å². The lowest BCUT2D eigenvalue weighted by Gasteiger charge is -2.00. The van der Waals surface area contributed by atoms with Gasteiger partial charge in [-0.15, -0.1) is 5.10 Å². The van der Waals surface area contributed by atoms with Crippen LogP contribution in [0.4, 0.5) is 0 Å². The summed E-state index contributed by atoms with van der Waals surface area (Å²) in [5.74, 6) is -0.983. The van der Waals surface area contributed by atoms with Crippen molar-refractivity contribution in [3.63, 3.8) is 0 Å². The van der Waals surface area contributed by atoms with Crippen LogP contribution in [0.15, 0.2) is 36.5 Å². The van der Waals surface area contributed by atoms with Gasteiger partial charge in [0.25, 0.3) is 0 Å². The van der Waals surface area contributed by atoms with Crippen molar-refractivity contribution in [3.8, 4) is 5.69 Å². The maximum atomic E-state index is 10.4. The Hall–Kier alpha value is -2.47. The van der Waals surface area contributed by atoms with Crippen LogP contribution in [0, 0.1) is 0 Å². The summed E-state index contributed by atoms with van der Waals surface area (Å²) < 4.78 is 1.54. The van der Waals surface area contributed by atoms with E-state index in [1.165, 1.54) is 10.8 Å². The van der Waals surface area contributed by atoms with Crippen molar-refractivity contribution < 1.29 is 15.0 Å². The molecule has 0 saturated heterocycles. The SMILES string of the molecule is O=C(O)/C=C\c1ccc(-n2cc(CO)nn2)cc1. The Bertz CT molecular complexity index is 573. The Balaban J connectivity index is 2.19. The van der Waals surface area contributed by atoms with Crippen LogP contribution in [-0.4, -0.2) is 31.2 Å². The minimum absolute atomic E-state index is 0.153. The number of rotatable bonds is 4. The Kier molecular flexibility index (Phi) is 3.49. The molecule has 1 aromatic carbocycles. The van der Waals surface area contributed by atoms with Crippen molar-refractivity contribution in [3.05, 3.63) is 47.8 Å². The first kappa shape index (κ1) is 12.0. The van der Waals surface area contributed by atoms with E-state index in [0.29, 0.717) is 5.69 Å². The summed E-state index contributed by atoms with van der Waals surface area (Å²) in [7, 11) is 0. The fourth-order valence-corrected chi connectivity index (χ4v) is 1.40. The summed E-state index contributed by atoms with van der Waals surface area (Å²) in [4.78, 5) is 10.4. The molecule has 0 aliphatic heterocycles. The Morgan fingerprint density at radius 3 is 2.61 bits per heavy atom. The summed E-state index contributed by atoms with van der Waals surface area (Å²) >= 11 is 0. The van der Waals surface area contributed by atoms with Crippen LogP contribution in [0.5, 0.6) is 0 Å². The molecule has 0 aliphatic carbocycles. The molecule has 0 fully saturated rings. The number of carboxylic acids is 1. The van der Waals surface area contributed by atoms with Crippen LogP contribution in [0.3, 0.4) is 0 Å². The molecule has 0 spiro atoms. The van der Waals surface area contributed by atoms with Gasteiger partial charge in [-0.05, 0) is 23.8 Å². The van der Waals surface area contributed by atoms with Crippen molar-refractivity contribution in [2.75, 3.05) is 0 Å². The normalized spacial score (nSPS) is 10.9. The second kappa shape index (κ2) is 5.24. The number of aromatic nitrogens is 3. The van der Waals surface area contributed by atoms with Gasteiger partial charge in [0.2, 0.25) is 0 Å². The van der Waals surface area contributed by atoms with E-state index in [1.807, 2.05) is 0 Å². The molecule has 6 heteroatoms. The number of carboxylic acid groups (broad SMARTS) is 1. The molecule has 6 nitrogen and oxygen atoms in total. The van der Waals surface area contributed by atoms with Gasteiger partial charge in [-0.25, -0.2) is 9.48 Å². The first-order valence-electron chi connectivity index (χ1n) is 5.22. The van der Waals surface area contributed by atoms with Gasteiger partial charge in [0.1, 0.15) is 5.69 Å². The van der Waals surface area contributed by atoms with Gasteiger partial charge in [-0.3, -0.25) is 0 Å². The highest BCUT2D eigenvalue weighted by Crippen LogP contribution is 2.10. The van der Waals surface area contributed by atoms with E-state index in [-0.39, 0.29) is 6.61 Å². The van der Waals surface area contributed by atoms with Crippen LogP contribution in [-0.2, 0) is 11.4 Å². The molecule has 0 bridgehead atoms. The molecule has 2 aromatic rings. The van der Waals surface area contributed by atoms with E-state index in [1.54, 1.807) is 30.5 Å². The zero-order valence-corrected chi connectivity index (χ0v) is 9.39. The number of aliphatic hydroxyl groups excluding tert-OH is 1. The maximum Gasteiger partial charge on any atom is 0.328 e. The third-order valence-corrected chi connectivity index (χ3v) is 2.28. The lowest BCUT2D eigenvalue weighted by Crippen LogP contribution is -1.94. The van der Waals surface area contributed by atoms with Crippen molar-refractivity contribution in [2.24, 2.45) is 0 Å². The minimum Gasteiger partial charge on any atom is -0.478 e. The molecule has 0 radical (unpaired) electrons. The highest BCUT2D eigenvalue weighted by atomic mass is 16.4. The summed E-state index contributed by atoms with van der Waals surface area (Å²) in [6.07, 6.45) is 4.21. The smallest absolute Gasteiger partial charge is 0.328 e. The quantitative estimate of drug-likeness (QED) is 0.780. The average Bonchev–Trinajstić information content (AvgIpc) is 2.85. The molecular weight excluding hydrogens is 234 g/mol. The number of carbonyl (C=O) groups is 1. The second-order valence-electron chi connectivity index (χ2n) is 3.58. The molecule has 2 rings (SSSR count). The highest BCUT2D eigenvalue weighted by Gasteiger charge is 2.01. The number of aliphatic carboxylic acids is 1. The van der Waals surface area contributed by atoms with E-state index < -0.39 is 5.97 Å².